The predicted molar refractivity (Wildman–Crippen MR) is 104 cm³/mol. The monoisotopic (exact) mass is 399 g/mol. The Bertz CT molecular complexity index is 846. The van der Waals surface area contributed by atoms with Crippen LogP contribution in [0.3, 0.4) is 0 Å². The molecule has 3 rings (SSSR count). The Hall–Kier alpha value is -1.03. The van der Waals surface area contributed by atoms with Crippen LogP contribution in [0.15, 0.2) is 14.2 Å². The molecule has 1 amide bonds. The maximum absolute atomic E-state index is 13.2. The van der Waals surface area contributed by atoms with Gasteiger partial charge in [0.1, 0.15) is 4.83 Å². The molecule has 3 heterocycles. The van der Waals surface area contributed by atoms with Crippen molar-refractivity contribution >= 4 is 51.0 Å². The van der Waals surface area contributed by atoms with Crippen LogP contribution in [0.5, 0.6) is 0 Å². The van der Waals surface area contributed by atoms with E-state index in [4.69, 9.17) is 15.5 Å². The summed E-state index contributed by atoms with van der Waals surface area (Å²) in [6.45, 7) is 2.82. The van der Waals surface area contributed by atoms with E-state index in [2.05, 4.69) is 0 Å². The van der Waals surface area contributed by atoms with Crippen molar-refractivity contribution in [2.75, 3.05) is 19.5 Å². The molecule has 0 saturated carbocycles. The van der Waals surface area contributed by atoms with Gasteiger partial charge in [0.25, 0.3) is 5.56 Å². The van der Waals surface area contributed by atoms with Crippen molar-refractivity contribution in [1.82, 2.24) is 9.55 Å². The number of aromatic nitrogens is 2. The van der Waals surface area contributed by atoms with Crippen molar-refractivity contribution in [2.24, 2.45) is 5.73 Å². The van der Waals surface area contributed by atoms with Gasteiger partial charge in [0.05, 0.1) is 14.8 Å². The molecule has 0 saturated heterocycles. The number of aryl methyl sites for hydroxylation is 1. The Morgan fingerprint density at radius 1 is 1.52 bits per heavy atom. The Kier molecular flexibility index (Phi) is 6.08. The number of primary amides is 1. The standard InChI is InChI=1S/C16H21N3O3S3/c1-9(12(17)20)24-16-18-13-11(10-5-3-8-23-15(10)25-13)14(21)19(16)6-4-7-22-2/h9H,3-8H2,1-2H3,(H2,17,20)/t9-/m0/s1. The lowest BCUT2D eigenvalue weighted by molar-refractivity contribution is -0.117. The highest BCUT2D eigenvalue weighted by Gasteiger charge is 2.24. The number of rotatable bonds is 7. The number of methoxy groups -OCH3 is 1. The number of hydrogen-bond acceptors (Lipinski definition) is 7. The second-order valence-corrected chi connectivity index (χ2v) is 9.53. The van der Waals surface area contributed by atoms with Crippen LogP contribution >= 0.6 is 34.9 Å². The van der Waals surface area contributed by atoms with Crippen molar-refractivity contribution < 1.29 is 9.53 Å². The molecule has 6 nitrogen and oxygen atoms in total. The van der Waals surface area contributed by atoms with Gasteiger partial charge in [-0.25, -0.2) is 4.98 Å². The van der Waals surface area contributed by atoms with Crippen LogP contribution in [0.25, 0.3) is 10.2 Å². The molecule has 2 aromatic rings. The Balaban J connectivity index is 2.10. The van der Waals surface area contributed by atoms with E-state index in [1.807, 2.05) is 0 Å². The smallest absolute Gasteiger partial charge is 0.263 e. The van der Waals surface area contributed by atoms with Crippen LogP contribution in [0.1, 0.15) is 25.3 Å². The molecule has 0 aliphatic carbocycles. The normalized spacial score (nSPS) is 15.3. The third kappa shape index (κ3) is 3.89. The van der Waals surface area contributed by atoms with Gasteiger partial charge in [0.2, 0.25) is 5.91 Å². The van der Waals surface area contributed by atoms with E-state index in [-0.39, 0.29) is 5.56 Å². The van der Waals surface area contributed by atoms with Gasteiger partial charge >= 0.3 is 0 Å². The van der Waals surface area contributed by atoms with E-state index in [1.54, 1.807) is 41.7 Å². The minimum atomic E-state index is -0.443. The van der Waals surface area contributed by atoms with E-state index in [0.29, 0.717) is 24.7 Å². The maximum atomic E-state index is 13.2. The van der Waals surface area contributed by atoms with E-state index >= 15 is 0 Å². The molecule has 0 spiro atoms. The molecular formula is C16H21N3O3S3. The van der Waals surface area contributed by atoms with Crippen molar-refractivity contribution in [3.05, 3.63) is 15.9 Å². The lowest BCUT2D eigenvalue weighted by Crippen LogP contribution is -2.27. The first kappa shape index (κ1) is 18.8. The van der Waals surface area contributed by atoms with Gasteiger partial charge in [0.15, 0.2) is 5.16 Å². The van der Waals surface area contributed by atoms with Crippen molar-refractivity contribution in [2.45, 2.75) is 47.3 Å². The quantitative estimate of drug-likeness (QED) is 0.437. The minimum absolute atomic E-state index is 0.0136. The molecule has 2 N–H and O–H groups in total. The zero-order chi connectivity index (χ0) is 18.0. The zero-order valence-electron chi connectivity index (χ0n) is 14.2. The topological polar surface area (TPSA) is 87.2 Å². The number of ether oxygens (including phenoxy) is 1. The summed E-state index contributed by atoms with van der Waals surface area (Å²) in [6, 6.07) is 0. The van der Waals surface area contributed by atoms with Crippen molar-refractivity contribution in [3.8, 4) is 0 Å². The number of fused-ring (bicyclic) bond motifs is 3. The zero-order valence-corrected chi connectivity index (χ0v) is 16.7. The van der Waals surface area contributed by atoms with Gasteiger partial charge in [-0.2, -0.15) is 0 Å². The fraction of sp³-hybridized carbons (Fsp3) is 0.562. The lowest BCUT2D eigenvalue weighted by Gasteiger charge is -2.14. The fourth-order valence-corrected chi connectivity index (χ4v) is 6.19. The number of hydrogen-bond donors (Lipinski definition) is 1. The van der Waals surface area contributed by atoms with Crippen LogP contribution in [-0.4, -0.2) is 40.2 Å². The second kappa shape index (κ2) is 8.11. The maximum Gasteiger partial charge on any atom is 0.263 e. The Morgan fingerprint density at radius 3 is 3.04 bits per heavy atom. The molecule has 0 bridgehead atoms. The number of nitrogens with zero attached hydrogens (tertiary/aromatic N) is 2. The van der Waals surface area contributed by atoms with Gasteiger partial charge in [-0.3, -0.25) is 14.2 Å². The first-order chi connectivity index (χ1) is 12.0. The highest BCUT2D eigenvalue weighted by atomic mass is 32.2. The van der Waals surface area contributed by atoms with Crippen LogP contribution in [-0.2, 0) is 22.5 Å². The highest BCUT2D eigenvalue weighted by Crippen LogP contribution is 2.40. The van der Waals surface area contributed by atoms with Gasteiger partial charge in [-0.05, 0) is 37.5 Å². The van der Waals surface area contributed by atoms with Gasteiger partial charge in [-0.15, -0.1) is 23.1 Å². The van der Waals surface area contributed by atoms with Crippen molar-refractivity contribution in [3.63, 3.8) is 0 Å². The molecule has 2 aromatic heterocycles. The molecule has 25 heavy (non-hydrogen) atoms. The van der Waals surface area contributed by atoms with E-state index in [1.165, 1.54) is 16.0 Å². The number of thioether (sulfide) groups is 2. The summed E-state index contributed by atoms with van der Waals surface area (Å²) < 4.78 is 7.99. The fourth-order valence-electron chi connectivity index (χ4n) is 2.73. The second-order valence-electron chi connectivity index (χ2n) is 5.86. The predicted octanol–water partition coefficient (Wildman–Crippen LogP) is 2.50. The number of carbonyl (C=O) groups is 1. The summed E-state index contributed by atoms with van der Waals surface area (Å²) >= 11 is 4.64. The van der Waals surface area contributed by atoms with E-state index < -0.39 is 11.2 Å². The van der Waals surface area contributed by atoms with Crippen LogP contribution in [0, 0.1) is 0 Å². The molecule has 1 aliphatic rings. The minimum Gasteiger partial charge on any atom is -0.385 e. The summed E-state index contributed by atoms with van der Waals surface area (Å²) in [7, 11) is 1.64. The molecule has 1 atom stereocenters. The van der Waals surface area contributed by atoms with Crippen LogP contribution in [0.2, 0.25) is 0 Å². The largest absolute Gasteiger partial charge is 0.385 e. The van der Waals surface area contributed by atoms with Gasteiger partial charge < -0.3 is 10.5 Å². The average Bonchev–Trinajstić information content (AvgIpc) is 2.95. The van der Waals surface area contributed by atoms with E-state index in [9.17, 15) is 9.59 Å². The Morgan fingerprint density at radius 2 is 2.32 bits per heavy atom. The summed E-state index contributed by atoms with van der Waals surface area (Å²) in [5.74, 6) is 0.672. The first-order valence-electron chi connectivity index (χ1n) is 8.16. The molecule has 136 valence electrons. The SMILES string of the molecule is COCCCn1c(S[C@@H](C)C(N)=O)nc2sc3c(c2c1=O)CCCS3. The first-order valence-corrected chi connectivity index (χ1v) is 10.8. The molecule has 0 aromatic carbocycles. The summed E-state index contributed by atoms with van der Waals surface area (Å²) in [6.07, 6.45) is 2.73. The molecule has 0 fully saturated rings. The summed E-state index contributed by atoms with van der Waals surface area (Å²) in [4.78, 5) is 30.1. The number of thiophene rings is 1. The molecular weight excluding hydrogens is 378 g/mol. The van der Waals surface area contributed by atoms with Gasteiger partial charge in [-0.1, -0.05) is 11.8 Å². The molecule has 0 unspecified atom stereocenters. The molecule has 9 heteroatoms. The number of amides is 1. The van der Waals surface area contributed by atoms with Crippen molar-refractivity contribution in [1.29, 1.82) is 0 Å². The Labute approximate surface area is 158 Å². The third-order valence-corrected chi connectivity index (χ3v) is 7.69. The molecule has 0 radical (unpaired) electrons. The number of nitrogens with two attached hydrogens (primary N) is 1. The average molecular weight is 400 g/mol. The lowest BCUT2D eigenvalue weighted by atomic mass is 10.1. The van der Waals surface area contributed by atoms with Gasteiger partial charge in [0, 0.05) is 20.3 Å². The highest BCUT2D eigenvalue weighted by molar-refractivity contribution is 8.01. The number of carbonyl (C=O) groups excluding carboxylic acids is 1. The van der Waals surface area contributed by atoms with E-state index in [0.717, 1.165) is 34.4 Å². The molecule has 1 aliphatic heterocycles. The van der Waals surface area contributed by atoms with Crippen LogP contribution in [0.4, 0.5) is 0 Å². The summed E-state index contributed by atoms with van der Waals surface area (Å²) in [5.41, 5.74) is 6.52. The third-order valence-electron chi connectivity index (χ3n) is 4.06. The summed E-state index contributed by atoms with van der Waals surface area (Å²) in [5, 5.41) is 0.867. The van der Waals surface area contributed by atoms with Crippen LogP contribution < -0.4 is 11.3 Å².